The lowest BCUT2D eigenvalue weighted by Crippen LogP contribution is -3.00. The Balaban J connectivity index is 0.000000307. The van der Waals surface area contributed by atoms with Gasteiger partial charge in [0.15, 0.2) is 0 Å². The van der Waals surface area contributed by atoms with Crippen molar-refractivity contribution in [2.45, 2.75) is 79.7 Å². The van der Waals surface area contributed by atoms with Gasteiger partial charge in [0.05, 0.1) is 52.6 Å². The first-order chi connectivity index (χ1) is 43.7. The van der Waals surface area contributed by atoms with Crippen LogP contribution >= 0.6 is 47.8 Å². The van der Waals surface area contributed by atoms with Gasteiger partial charge < -0.3 is 131 Å². The average molecular weight is 1850 g/mol. The van der Waals surface area contributed by atoms with E-state index in [0.29, 0.717) is 48.2 Å². The molecule has 9 rings (SSSR count). The SMILES string of the molecule is C[N+](Cc1cc(Br)ccc1O)(Cc1cc(Br)ccc1O)Cc1cc(Br)ccc1O.C[N+](Cc1ccccc1O)(Cc1ccccc1O)Cc1ccccc1O.Cc1cc([N+](=O)[O-])cc(C[N+](C)(Cc2cc([N+](=O)[O-])cc(C)c2O)Cc2cc([N+](=O)[O-])cc(C)c2O)c1O.[I-].[I-].[I-]. The molecule has 9 aromatic rings. The maximum atomic E-state index is 11.5. The summed E-state index contributed by atoms with van der Waals surface area (Å²) in [5.41, 5.74) is 5.38. The van der Waals surface area contributed by atoms with Crippen molar-refractivity contribution in [1.82, 2.24) is 0 Å². The van der Waals surface area contributed by atoms with E-state index in [1.165, 1.54) is 57.2 Å². The first-order valence-corrected chi connectivity index (χ1v) is 31.3. The number of quaternary nitrogens is 3. The monoisotopic (exact) mass is 1840 g/mol. The molecule has 9 aromatic carbocycles. The second-order valence-electron chi connectivity index (χ2n) is 24.1. The van der Waals surface area contributed by atoms with Gasteiger partial charge in [-0.1, -0.05) is 84.2 Å². The van der Waals surface area contributed by atoms with Gasteiger partial charge in [0.2, 0.25) is 0 Å². The molecule has 0 unspecified atom stereocenters. The van der Waals surface area contributed by atoms with E-state index >= 15 is 0 Å². The van der Waals surface area contributed by atoms with Gasteiger partial charge in [-0.3, -0.25) is 30.3 Å². The summed E-state index contributed by atoms with van der Waals surface area (Å²) in [5, 5.41) is 128. The van der Waals surface area contributed by atoms with E-state index in [9.17, 15) is 76.3 Å². The number of para-hydroxylation sites is 3. The summed E-state index contributed by atoms with van der Waals surface area (Å²) >= 11 is 10.4. The molecule has 0 amide bonds. The molecule has 0 radical (unpaired) electrons. The van der Waals surface area contributed by atoms with Crippen LogP contribution in [0, 0.1) is 51.1 Å². The van der Waals surface area contributed by atoms with Crippen molar-refractivity contribution < 1.29 is 146 Å². The lowest BCUT2D eigenvalue weighted by molar-refractivity contribution is -0.948. The van der Waals surface area contributed by atoms with E-state index in [1.807, 2.05) is 61.6 Å². The Morgan fingerprint density at radius 2 is 0.500 bits per heavy atom. The number of hydrogen-bond acceptors (Lipinski definition) is 15. The van der Waals surface area contributed by atoms with E-state index in [1.54, 1.807) is 79.8 Å². The van der Waals surface area contributed by atoms with Crippen molar-refractivity contribution in [3.05, 3.63) is 274 Å². The van der Waals surface area contributed by atoms with Gasteiger partial charge in [-0.25, -0.2) is 0 Å². The molecule has 96 heavy (non-hydrogen) atoms. The molecule has 9 N–H and O–H groups in total. The second kappa shape index (κ2) is 35.4. The average Bonchev–Trinajstić information content (AvgIpc) is 0.818. The molecule has 0 fully saturated rings. The Morgan fingerprint density at radius 3 is 0.719 bits per heavy atom. The Bertz CT molecular complexity index is 3850. The van der Waals surface area contributed by atoms with Crippen LogP contribution in [0.15, 0.2) is 177 Å². The highest BCUT2D eigenvalue weighted by Crippen LogP contribution is 2.40. The molecule has 27 heteroatoms. The van der Waals surface area contributed by atoms with E-state index < -0.39 is 14.8 Å². The first-order valence-electron chi connectivity index (χ1n) is 28.9. The minimum absolute atomic E-state index is 0. The minimum Gasteiger partial charge on any atom is -1.00 e. The van der Waals surface area contributed by atoms with Crippen molar-refractivity contribution >= 4 is 64.9 Å². The first kappa shape index (κ1) is 81.3. The normalized spacial score (nSPS) is 11.1. The molecule has 510 valence electrons. The van der Waals surface area contributed by atoms with Gasteiger partial charge in [-0.05, 0) is 128 Å². The maximum Gasteiger partial charge on any atom is 0.270 e. The van der Waals surface area contributed by atoms with Gasteiger partial charge in [-0.2, -0.15) is 0 Å². The van der Waals surface area contributed by atoms with E-state index in [2.05, 4.69) is 54.8 Å². The third-order valence-electron chi connectivity index (χ3n) is 15.8. The molecular weight excluding hydrogens is 1770 g/mol. The highest BCUT2D eigenvalue weighted by Gasteiger charge is 2.33. The summed E-state index contributed by atoms with van der Waals surface area (Å²) in [5.74, 6) is 0.833. The molecule has 21 nitrogen and oxygen atoms in total. The quantitative estimate of drug-likeness (QED) is 0.0163. The Morgan fingerprint density at radius 1 is 0.302 bits per heavy atom. The molecule has 0 aliphatic carbocycles. The van der Waals surface area contributed by atoms with Gasteiger partial charge in [0.1, 0.15) is 111 Å². The highest BCUT2D eigenvalue weighted by molar-refractivity contribution is 9.11. The molecule has 0 heterocycles. The van der Waals surface area contributed by atoms with Crippen molar-refractivity contribution in [1.29, 1.82) is 0 Å². The Kier molecular flexibility index (Phi) is 30.0. The molecule has 0 saturated heterocycles. The number of hydrogen-bond donors (Lipinski definition) is 9. The zero-order valence-electron chi connectivity index (χ0n) is 52.9. The van der Waals surface area contributed by atoms with Crippen LogP contribution in [0.25, 0.3) is 0 Å². The second-order valence-corrected chi connectivity index (χ2v) is 26.8. The van der Waals surface area contributed by atoms with Gasteiger partial charge in [0.25, 0.3) is 17.1 Å². The number of non-ortho nitro benzene ring substituents is 3. The number of benzene rings is 9. The summed E-state index contributed by atoms with van der Waals surface area (Å²) in [4.78, 5) is 32.6. The summed E-state index contributed by atoms with van der Waals surface area (Å²) in [6.45, 7) is 7.45. The fraction of sp³-hybridized carbons (Fsp3) is 0.217. The molecule has 0 spiro atoms. The van der Waals surface area contributed by atoms with Crippen molar-refractivity contribution in [2.24, 2.45) is 0 Å². The topological polar surface area (TPSA) is 311 Å². The van der Waals surface area contributed by atoms with E-state index in [4.69, 9.17) is 0 Å². The zero-order valence-corrected chi connectivity index (χ0v) is 64.1. The maximum absolute atomic E-state index is 11.5. The van der Waals surface area contributed by atoms with Crippen LogP contribution in [0.4, 0.5) is 17.1 Å². The van der Waals surface area contributed by atoms with Gasteiger partial charge >= 0.3 is 0 Å². The minimum atomic E-state index is -0.605. The Labute approximate surface area is 631 Å². The molecule has 0 aliphatic rings. The molecule has 0 aliphatic heterocycles. The van der Waals surface area contributed by atoms with Gasteiger partial charge in [0, 0.05) is 83.2 Å². The summed E-state index contributed by atoms with van der Waals surface area (Å²) in [6, 6.07) is 45.2. The van der Waals surface area contributed by atoms with Crippen LogP contribution < -0.4 is 71.9 Å². The smallest absolute Gasteiger partial charge is 0.270 e. The summed E-state index contributed by atoms with van der Waals surface area (Å²) in [7, 11) is 5.75. The number of phenolic OH excluding ortho intramolecular Hbond substituents is 9. The summed E-state index contributed by atoms with van der Waals surface area (Å²) in [6.07, 6.45) is 0. The zero-order chi connectivity index (χ0) is 68.3. The number of rotatable bonds is 21. The third kappa shape index (κ3) is 22.2. The summed E-state index contributed by atoms with van der Waals surface area (Å²) < 4.78 is 3.38. The number of halogens is 6. The molecule has 0 aromatic heterocycles. The van der Waals surface area contributed by atoms with Crippen molar-refractivity contribution in [3.8, 4) is 51.7 Å². The Hall–Kier alpha value is -7.11. The van der Waals surface area contributed by atoms with Crippen LogP contribution in [-0.4, -0.2) is 95.3 Å². The number of nitrogens with zero attached hydrogens (tertiary/aromatic N) is 6. The van der Waals surface area contributed by atoms with E-state index in [-0.39, 0.29) is 198 Å². The lowest BCUT2D eigenvalue weighted by atomic mass is 10.0. The number of aromatic hydroxyl groups is 9. The number of phenols is 9. The van der Waals surface area contributed by atoms with Crippen LogP contribution in [0.3, 0.4) is 0 Å². The van der Waals surface area contributed by atoms with E-state index in [0.717, 1.165) is 46.8 Å². The standard InChI is InChI=1S/C25H26N4O9.C22H20Br3NO3.C22H23NO3.3HI/c1-14-5-20(26(33)34)8-17(23(14)30)11-29(4,12-18-9-21(27(35)36)6-15(2)24(18)31)13-19-10-22(28(37)38)7-16(3)25(19)32;1-26(11-14-8-17(23)2-5-20(14)27,12-15-9-18(24)3-6-21(15)28)13-16-10-19(25)4-7-22(16)29;1-23(14-17-8-2-5-11-20(17)24,15-18-9-3-6-12-21(18)25)16-19-10-4-7-13-22(19)26;;;/h5-10H,11-13H2,1-4H3,(H2-,30,31,32);2-10H,11-13H2,1H3,(H2-,27,28,29);2-13H,14-16H2,1H3,(H2-,24,25,26);3*1H. The third-order valence-corrected chi connectivity index (χ3v) is 17.3. The van der Waals surface area contributed by atoms with Crippen LogP contribution in [0.1, 0.15) is 66.8 Å². The fourth-order valence-corrected chi connectivity index (χ4v) is 12.6. The lowest BCUT2D eigenvalue weighted by Gasteiger charge is -2.35. The van der Waals surface area contributed by atoms with Gasteiger partial charge in [-0.15, -0.1) is 0 Å². The number of aryl methyl sites for hydroxylation is 3. The van der Waals surface area contributed by atoms with Crippen LogP contribution in [0.2, 0.25) is 0 Å². The fourth-order valence-electron chi connectivity index (χ4n) is 11.4. The number of nitro groups is 3. The molecule has 0 bridgehead atoms. The largest absolute Gasteiger partial charge is 1.00 e. The highest BCUT2D eigenvalue weighted by atomic mass is 127. The van der Waals surface area contributed by atoms with Crippen LogP contribution in [-0.2, 0) is 58.9 Å². The molecule has 0 saturated carbocycles. The molecule has 0 atom stereocenters. The molecular formula is C69H72Br3I3N6O15. The van der Waals surface area contributed by atoms with Crippen LogP contribution in [0.5, 0.6) is 51.7 Å². The number of nitro benzene ring substituents is 3. The predicted octanol–water partition coefficient (Wildman–Crippen LogP) is 6.40. The predicted molar refractivity (Wildman–Crippen MR) is 362 cm³/mol. The van der Waals surface area contributed by atoms with Crippen molar-refractivity contribution in [3.63, 3.8) is 0 Å². The van der Waals surface area contributed by atoms with Crippen molar-refractivity contribution in [2.75, 3.05) is 21.1 Å².